The molecule has 0 heterocycles. The van der Waals surface area contributed by atoms with Gasteiger partial charge in [-0.3, -0.25) is 5.84 Å². The molecule has 0 aliphatic rings. The lowest BCUT2D eigenvalue weighted by Gasteiger charge is -2.15. The molecule has 0 aromatic heterocycles. The summed E-state index contributed by atoms with van der Waals surface area (Å²) in [6.07, 6.45) is 0. The summed E-state index contributed by atoms with van der Waals surface area (Å²) >= 11 is 0. The maximum Gasteiger partial charge on any atom is 0.0332 e. The molecule has 0 aliphatic heterocycles. The molecule has 1 atom stereocenters. The standard InChI is InChI=1S/C4H13N3/c1-4(3-5)7(2)6/h4H,3,5-6H2,1-2H3. The van der Waals surface area contributed by atoms with E-state index < -0.39 is 0 Å². The first-order valence-electron chi connectivity index (χ1n) is 2.36. The van der Waals surface area contributed by atoms with Crippen LogP contribution in [0, 0.1) is 0 Å². The summed E-state index contributed by atoms with van der Waals surface area (Å²) in [7, 11) is 1.80. The largest absolute Gasteiger partial charge is 0.329 e. The van der Waals surface area contributed by atoms with E-state index in [2.05, 4.69) is 0 Å². The van der Waals surface area contributed by atoms with E-state index in [9.17, 15) is 0 Å². The Morgan fingerprint density at radius 3 is 2.14 bits per heavy atom. The Kier molecular flexibility index (Phi) is 2.91. The first-order valence-corrected chi connectivity index (χ1v) is 2.36. The quantitative estimate of drug-likeness (QED) is 0.353. The van der Waals surface area contributed by atoms with Gasteiger partial charge in [-0.2, -0.15) is 0 Å². The molecule has 4 N–H and O–H groups in total. The van der Waals surface area contributed by atoms with Crippen molar-refractivity contribution in [1.29, 1.82) is 0 Å². The van der Waals surface area contributed by atoms with Crippen LogP contribution in [0.1, 0.15) is 6.92 Å². The van der Waals surface area contributed by atoms with Gasteiger partial charge in [-0.15, -0.1) is 0 Å². The van der Waals surface area contributed by atoms with Crippen molar-refractivity contribution in [2.75, 3.05) is 13.6 Å². The number of nitrogens with zero attached hydrogens (tertiary/aromatic N) is 1. The minimum absolute atomic E-state index is 0.292. The van der Waals surface area contributed by atoms with Crippen LogP contribution in [0.5, 0.6) is 0 Å². The van der Waals surface area contributed by atoms with E-state index in [-0.39, 0.29) is 0 Å². The second-order valence-electron chi connectivity index (χ2n) is 1.75. The maximum atomic E-state index is 5.30. The van der Waals surface area contributed by atoms with Gasteiger partial charge in [0.1, 0.15) is 0 Å². The van der Waals surface area contributed by atoms with Crippen LogP contribution in [0.15, 0.2) is 0 Å². The van der Waals surface area contributed by atoms with Crippen molar-refractivity contribution in [3.63, 3.8) is 0 Å². The van der Waals surface area contributed by atoms with Crippen LogP contribution in [0.2, 0.25) is 0 Å². The Balaban J connectivity index is 3.14. The number of nitrogens with two attached hydrogens (primary N) is 2. The Hall–Kier alpha value is -0.120. The van der Waals surface area contributed by atoms with Gasteiger partial charge in [0.25, 0.3) is 0 Å². The summed E-state index contributed by atoms with van der Waals surface area (Å²) in [5, 5.41) is 1.60. The van der Waals surface area contributed by atoms with E-state index in [0.29, 0.717) is 12.6 Å². The lowest BCUT2D eigenvalue weighted by molar-refractivity contribution is 0.272. The molecule has 0 fully saturated rings. The van der Waals surface area contributed by atoms with Crippen LogP contribution in [0.4, 0.5) is 0 Å². The van der Waals surface area contributed by atoms with Gasteiger partial charge in [0.15, 0.2) is 0 Å². The molecular weight excluding hydrogens is 90.1 g/mol. The topological polar surface area (TPSA) is 55.3 Å². The molecule has 0 spiro atoms. The van der Waals surface area contributed by atoms with Crippen molar-refractivity contribution >= 4 is 0 Å². The summed E-state index contributed by atoms with van der Waals surface area (Å²) in [6, 6.07) is 0.292. The first kappa shape index (κ1) is 6.88. The van der Waals surface area contributed by atoms with Crippen LogP contribution < -0.4 is 11.6 Å². The van der Waals surface area contributed by atoms with Crippen LogP contribution in [0.25, 0.3) is 0 Å². The zero-order valence-corrected chi connectivity index (χ0v) is 4.89. The van der Waals surface area contributed by atoms with Gasteiger partial charge in [-0.05, 0) is 6.92 Å². The molecule has 0 aromatic rings. The second kappa shape index (κ2) is 2.96. The highest BCUT2D eigenvalue weighted by molar-refractivity contribution is 4.55. The molecule has 0 rings (SSSR count). The molecule has 0 aliphatic carbocycles. The zero-order chi connectivity index (χ0) is 5.86. The number of likely N-dealkylation sites (N-methyl/N-ethyl adjacent to an activating group) is 1. The molecule has 1 unspecified atom stereocenters. The predicted octanol–water partition coefficient (Wildman–Crippen LogP) is -0.861. The molecule has 0 saturated carbocycles. The molecule has 3 nitrogen and oxygen atoms in total. The van der Waals surface area contributed by atoms with Crippen LogP contribution in [0.3, 0.4) is 0 Å². The normalized spacial score (nSPS) is 15.0. The predicted molar refractivity (Wildman–Crippen MR) is 30.5 cm³/mol. The Labute approximate surface area is 44.2 Å². The fraction of sp³-hybridized carbons (Fsp3) is 1.00. The minimum atomic E-state index is 0.292. The third-order valence-corrected chi connectivity index (χ3v) is 1.04. The maximum absolute atomic E-state index is 5.30. The number of rotatable bonds is 2. The number of hydrogen-bond donors (Lipinski definition) is 2. The van der Waals surface area contributed by atoms with Crippen molar-refractivity contribution in [2.24, 2.45) is 11.6 Å². The van der Waals surface area contributed by atoms with E-state index in [4.69, 9.17) is 11.6 Å². The fourth-order valence-electron chi connectivity index (χ4n) is 0.166. The van der Waals surface area contributed by atoms with Gasteiger partial charge < -0.3 is 5.73 Å². The Morgan fingerprint density at radius 2 is 2.14 bits per heavy atom. The van der Waals surface area contributed by atoms with Gasteiger partial charge in [0.05, 0.1) is 0 Å². The molecular formula is C4H13N3. The third kappa shape index (κ3) is 2.56. The van der Waals surface area contributed by atoms with E-state index in [1.165, 1.54) is 0 Å². The van der Waals surface area contributed by atoms with Gasteiger partial charge in [0, 0.05) is 19.6 Å². The summed E-state index contributed by atoms with van der Waals surface area (Å²) in [4.78, 5) is 0. The Bertz CT molecular complexity index is 44.2. The smallest absolute Gasteiger partial charge is 0.0332 e. The van der Waals surface area contributed by atoms with Crippen molar-refractivity contribution < 1.29 is 0 Å². The fourth-order valence-corrected chi connectivity index (χ4v) is 0.166. The van der Waals surface area contributed by atoms with Crippen molar-refractivity contribution in [3.8, 4) is 0 Å². The number of hydrazine groups is 1. The van der Waals surface area contributed by atoms with Gasteiger partial charge in [0.2, 0.25) is 0 Å². The summed E-state index contributed by atoms with van der Waals surface area (Å²) < 4.78 is 0. The van der Waals surface area contributed by atoms with Crippen molar-refractivity contribution in [3.05, 3.63) is 0 Å². The highest BCUT2D eigenvalue weighted by Crippen LogP contribution is 1.80. The van der Waals surface area contributed by atoms with Gasteiger partial charge >= 0.3 is 0 Å². The van der Waals surface area contributed by atoms with Gasteiger partial charge in [-0.25, -0.2) is 5.01 Å². The van der Waals surface area contributed by atoms with Crippen molar-refractivity contribution in [1.82, 2.24) is 5.01 Å². The van der Waals surface area contributed by atoms with Crippen LogP contribution in [-0.4, -0.2) is 24.6 Å². The molecule has 0 radical (unpaired) electrons. The summed E-state index contributed by atoms with van der Waals surface area (Å²) in [6.45, 7) is 2.59. The molecule has 7 heavy (non-hydrogen) atoms. The highest BCUT2D eigenvalue weighted by atomic mass is 15.4. The molecule has 0 saturated heterocycles. The van der Waals surface area contributed by atoms with Crippen LogP contribution in [-0.2, 0) is 0 Å². The van der Waals surface area contributed by atoms with E-state index >= 15 is 0 Å². The SMILES string of the molecule is CC(CN)N(C)N. The lowest BCUT2D eigenvalue weighted by Crippen LogP contribution is -2.40. The van der Waals surface area contributed by atoms with Gasteiger partial charge in [-0.1, -0.05) is 0 Å². The average molecular weight is 103 g/mol. The molecule has 44 valence electrons. The first-order chi connectivity index (χ1) is 3.18. The van der Waals surface area contributed by atoms with Crippen LogP contribution >= 0.6 is 0 Å². The third-order valence-electron chi connectivity index (χ3n) is 1.04. The van der Waals surface area contributed by atoms with E-state index in [1.54, 1.807) is 12.1 Å². The molecule has 0 bridgehead atoms. The molecule has 3 heteroatoms. The highest BCUT2D eigenvalue weighted by Gasteiger charge is 1.98. The summed E-state index contributed by atoms with van der Waals surface area (Å²) in [5.41, 5.74) is 5.25. The van der Waals surface area contributed by atoms with E-state index in [0.717, 1.165) is 0 Å². The number of hydrogen-bond acceptors (Lipinski definition) is 3. The summed E-state index contributed by atoms with van der Waals surface area (Å²) in [5.74, 6) is 5.30. The molecule has 0 amide bonds. The zero-order valence-electron chi connectivity index (χ0n) is 4.89. The average Bonchev–Trinajstić information content (AvgIpc) is 1.65. The minimum Gasteiger partial charge on any atom is -0.329 e. The second-order valence-corrected chi connectivity index (χ2v) is 1.75. The monoisotopic (exact) mass is 103 g/mol. The lowest BCUT2D eigenvalue weighted by atomic mass is 10.3. The van der Waals surface area contributed by atoms with E-state index in [1.807, 2.05) is 6.92 Å². The Morgan fingerprint density at radius 1 is 1.71 bits per heavy atom. The van der Waals surface area contributed by atoms with Crippen molar-refractivity contribution in [2.45, 2.75) is 13.0 Å². The molecule has 0 aromatic carbocycles.